The number of nitriles is 1. The maximum Gasteiger partial charge on any atom is 0.491 e. The molecule has 1 aromatic carbocycles. The van der Waals surface area contributed by atoms with Gasteiger partial charge in [0, 0.05) is 19.2 Å². The van der Waals surface area contributed by atoms with Gasteiger partial charge in [0.25, 0.3) is 0 Å². The number of benzene rings is 1. The highest BCUT2D eigenvalue weighted by atomic mass is 16.5. The van der Waals surface area contributed by atoms with E-state index in [1.165, 1.54) is 0 Å². The molecule has 0 aliphatic carbocycles. The molecule has 0 amide bonds. The number of ether oxygens (including phenoxy) is 1. The van der Waals surface area contributed by atoms with E-state index in [1.54, 1.807) is 24.3 Å². The molecule has 2 aliphatic heterocycles. The number of hydrogen-bond acceptors (Lipinski definition) is 6. The van der Waals surface area contributed by atoms with Crippen LogP contribution in [-0.2, 0) is 11.3 Å². The highest BCUT2D eigenvalue weighted by Crippen LogP contribution is 2.28. The Hall–Kier alpha value is -2.56. The molecular weight excluding hydrogens is 305 g/mol. The first-order valence-electron chi connectivity index (χ1n) is 8.01. The zero-order valence-corrected chi connectivity index (χ0v) is 13.1. The van der Waals surface area contributed by atoms with E-state index in [9.17, 15) is 10.3 Å². The molecule has 1 aromatic heterocycles. The predicted octanol–water partition coefficient (Wildman–Crippen LogP) is 1.56. The Morgan fingerprint density at radius 2 is 2.08 bits per heavy atom. The third kappa shape index (κ3) is 2.71. The van der Waals surface area contributed by atoms with Crippen molar-refractivity contribution >= 4 is 18.4 Å². The van der Waals surface area contributed by atoms with Gasteiger partial charge >= 0.3 is 7.12 Å². The van der Waals surface area contributed by atoms with E-state index >= 15 is 0 Å². The van der Waals surface area contributed by atoms with Crippen molar-refractivity contribution in [2.75, 3.05) is 18.0 Å². The van der Waals surface area contributed by atoms with Crippen LogP contribution in [-0.4, -0.2) is 30.2 Å². The number of hydrogen-bond donors (Lipinski definition) is 1. The van der Waals surface area contributed by atoms with Crippen molar-refractivity contribution < 1.29 is 14.4 Å². The van der Waals surface area contributed by atoms with Crippen LogP contribution in [0.4, 0.5) is 5.82 Å². The summed E-state index contributed by atoms with van der Waals surface area (Å²) >= 11 is 0. The number of rotatable bonds is 3. The van der Waals surface area contributed by atoms with E-state index in [2.05, 4.69) is 16.0 Å². The highest BCUT2D eigenvalue weighted by Gasteiger charge is 2.27. The van der Waals surface area contributed by atoms with Gasteiger partial charge in [-0.2, -0.15) is 10.2 Å². The molecule has 1 N–H and O–H groups in total. The maximum absolute atomic E-state index is 9.67. The van der Waals surface area contributed by atoms with Gasteiger partial charge in [-0.1, -0.05) is 6.07 Å². The number of nitrogens with zero attached hydrogens (tertiary/aromatic N) is 3. The van der Waals surface area contributed by atoms with Crippen molar-refractivity contribution in [1.29, 1.82) is 5.26 Å². The Labute approximate surface area is 140 Å². The van der Waals surface area contributed by atoms with Crippen molar-refractivity contribution in [2.45, 2.75) is 19.4 Å². The van der Waals surface area contributed by atoms with Crippen molar-refractivity contribution in [1.82, 2.24) is 4.98 Å². The lowest BCUT2D eigenvalue weighted by Gasteiger charge is -2.18. The largest absolute Gasteiger partial charge is 0.491 e. The van der Waals surface area contributed by atoms with Gasteiger partial charge in [0.1, 0.15) is 11.8 Å². The molecule has 0 atom stereocenters. The Bertz CT molecular complexity index is 815. The summed E-state index contributed by atoms with van der Waals surface area (Å²) in [7, 11) is -0.858. The summed E-state index contributed by atoms with van der Waals surface area (Å²) in [6.07, 6.45) is 2.23. The fourth-order valence-electron chi connectivity index (χ4n) is 3.14. The molecule has 1 saturated heterocycles. The highest BCUT2D eigenvalue weighted by molar-refractivity contribution is 6.61. The van der Waals surface area contributed by atoms with Crippen molar-refractivity contribution in [3.63, 3.8) is 0 Å². The molecule has 1 fully saturated rings. The Morgan fingerprint density at radius 3 is 2.88 bits per heavy atom. The van der Waals surface area contributed by atoms with Crippen LogP contribution in [0.3, 0.4) is 0 Å². The van der Waals surface area contributed by atoms with Gasteiger partial charge in [-0.05, 0) is 42.1 Å². The molecule has 0 bridgehead atoms. The summed E-state index contributed by atoms with van der Waals surface area (Å²) in [5.41, 5.74) is 2.25. The van der Waals surface area contributed by atoms with Crippen LogP contribution < -0.4 is 15.1 Å². The van der Waals surface area contributed by atoms with Crippen LogP contribution in [0.5, 0.6) is 11.6 Å². The lowest BCUT2D eigenvalue weighted by atomic mass is 9.80. The van der Waals surface area contributed by atoms with E-state index < -0.39 is 7.12 Å². The van der Waals surface area contributed by atoms with Crippen molar-refractivity contribution in [3.05, 3.63) is 41.5 Å². The second-order valence-corrected chi connectivity index (χ2v) is 5.95. The van der Waals surface area contributed by atoms with Gasteiger partial charge in [-0.25, -0.2) is 0 Å². The normalized spacial score (nSPS) is 16.2. The van der Waals surface area contributed by atoms with Gasteiger partial charge in [-0.15, -0.1) is 0 Å². The molecule has 24 heavy (non-hydrogen) atoms. The van der Waals surface area contributed by atoms with Crippen LogP contribution in [0.25, 0.3) is 0 Å². The first-order valence-corrected chi connectivity index (χ1v) is 8.01. The molecule has 0 unspecified atom stereocenters. The van der Waals surface area contributed by atoms with Crippen LogP contribution in [0.2, 0.25) is 0 Å². The lowest BCUT2D eigenvalue weighted by molar-refractivity contribution is 0.275. The smallest absolute Gasteiger partial charge is 0.439 e. The molecule has 3 heterocycles. The van der Waals surface area contributed by atoms with Gasteiger partial charge in [0.05, 0.1) is 12.2 Å². The number of anilines is 1. The minimum absolute atomic E-state index is 0.369. The van der Waals surface area contributed by atoms with Crippen LogP contribution in [0.15, 0.2) is 30.3 Å². The number of aromatic nitrogens is 1. The topological polar surface area (TPSA) is 78.6 Å². The average Bonchev–Trinajstić information content (AvgIpc) is 3.25. The molecule has 2 aromatic rings. The lowest BCUT2D eigenvalue weighted by Crippen LogP contribution is -2.27. The molecule has 0 saturated carbocycles. The summed E-state index contributed by atoms with van der Waals surface area (Å²) in [5, 5.41) is 19.0. The molecule has 4 rings (SSSR count). The molecule has 0 spiro atoms. The van der Waals surface area contributed by atoms with Crippen molar-refractivity contribution in [3.8, 4) is 17.7 Å². The minimum Gasteiger partial charge on any atom is -0.439 e. The molecule has 7 heteroatoms. The average molecular weight is 321 g/mol. The molecule has 6 nitrogen and oxygen atoms in total. The maximum atomic E-state index is 9.67. The Morgan fingerprint density at radius 1 is 1.25 bits per heavy atom. The Balaban J connectivity index is 1.61. The van der Waals surface area contributed by atoms with Gasteiger partial charge in [0.2, 0.25) is 5.88 Å². The van der Waals surface area contributed by atoms with Crippen molar-refractivity contribution in [2.24, 2.45) is 0 Å². The Kier molecular flexibility index (Phi) is 3.85. The molecule has 2 aliphatic rings. The third-order valence-electron chi connectivity index (χ3n) is 4.38. The monoisotopic (exact) mass is 321 g/mol. The van der Waals surface area contributed by atoms with Gasteiger partial charge in [-0.3, -0.25) is 0 Å². The molecule has 120 valence electrons. The van der Waals surface area contributed by atoms with Gasteiger partial charge < -0.3 is 19.3 Å². The van der Waals surface area contributed by atoms with Crippen LogP contribution >= 0.6 is 0 Å². The van der Waals surface area contributed by atoms with E-state index in [0.717, 1.165) is 37.0 Å². The quantitative estimate of drug-likeness (QED) is 0.865. The first-order chi connectivity index (χ1) is 11.7. The minimum atomic E-state index is -0.858. The molecule has 0 radical (unpaired) electrons. The zero-order valence-electron chi connectivity index (χ0n) is 13.1. The predicted molar refractivity (Wildman–Crippen MR) is 89.3 cm³/mol. The summed E-state index contributed by atoms with van der Waals surface area (Å²) in [4.78, 5) is 6.65. The van der Waals surface area contributed by atoms with Gasteiger partial charge in [0.15, 0.2) is 5.82 Å². The van der Waals surface area contributed by atoms with E-state index in [1.807, 2.05) is 6.07 Å². The summed E-state index contributed by atoms with van der Waals surface area (Å²) in [6, 6.07) is 11.1. The third-order valence-corrected chi connectivity index (χ3v) is 4.38. The fraction of sp³-hybridized carbons (Fsp3) is 0.294. The van der Waals surface area contributed by atoms with E-state index in [0.29, 0.717) is 29.6 Å². The fourth-order valence-corrected chi connectivity index (χ4v) is 3.14. The van der Waals surface area contributed by atoms with Crippen LogP contribution in [0.1, 0.15) is 24.0 Å². The summed E-state index contributed by atoms with van der Waals surface area (Å²) in [5.74, 6) is 1.78. The first kappa shape index (κ1) is 15.0. The van der Waals surface area contributed by atoms with E-state index in [4.69, 9.17) is 9.39 Å². The molecular formula is C17H16BN3O3. The van der Waals surface area contributed by atoms with E-state index in [-0.39, 0.29) is 0 Å². The standard InChI is InChI=1S/C17H16BN3O3/c19-10-12-3-6-16(20-17(12)21-7-1-2-8-21)24-14-4-5-15-13(9-14)11-23-18(15)22/h3-6,9,22H,1-2,7-8,11H2. The summed E-state index contributed by atoms with van der Waals surface area (Å²) in [6.45, 7) is 2.20. The van der Waals surface area contributed by atoms with Crippen LogP contribution in [0, 0.1) is 11.3 Å². The SMILES string of the molecule is N#Cc1ccc(Oc2ccc3c(c2)COB3O)nc1N1CCCC1. The zero-order chi connectivity index (χ0) is 16.5. The summed E-state index contributed by atoms with van der Waals surface area (Å²) < 4.78 is 11.0. The number of pyridine rings is 1. The second kappa shape index (κ2) is 6.15. The number of fused-ring (bicyclic) bond motifs is 1. The second-order valence-electron chi connectivity index (χ2n) is 5.95.